The average molecular weight is 168 g/mol. The van der Waals surface area contributed by atoms with Gasteiger partial charge >= 0.3 is 0 Å². The average Bonchev–Trinajstić information content (AvgIpc) is 2.34. The highest BCUT2D eigenvalue weighted by atomic mass is 15.0. The lowest BCUT2D eigenvalue weighted by Gasteiger charge is -2.50. The van der Waals surface area contributed by atoms with Crippen LogP contribution in [0.3, 0.4) is 0 Å². The standard InChI is InChI=1S/C10H20N2/c1-6(2)9-7-4-12-5-8(7)10(9)11-3/h6-12H,4-5H2,1-3H3. The zero-order valence-electron chi connectivity index (χ0n) is 8.30. The van der Waals surface area contributed by atoms with Crippen LogP contribution in [-0.4, -0.2) is 26.2 Å². The van der Waals surface area contributed by atoms with E-state index in [4.69, 9.17) is 0 Å². The molecule has 4 atom stereocenters. The molecular weight excluding hydrogens is 148 g/mol. The quantitative estimate of drug-likeness (QED) is 0.634. The van der Waals surface area contributed by atoms with E-state index in [1.807, 2.05) is 0 Å². The second-order valence-corrected chi connectivity index (χ2v) is 4.62. The van der Waals surface area contributed by atoms with E-state index < -0.39 is 0 Å². The summed E-state index contributed by atoms with van der Waals surface area (Å²) in [6, 6.07) is 0.782. The zero-order chi connectivity index (χ0) is 8.72. The summed E-state index contributed by atoms with van der Waals surface area (Å²) < 4.78 is 0. The predicted molar refractivity (Wildman–Crippen MR) is 51.0 cm³/mol. The zero-order valence-corrected chi connectivity index (χ0v) is 8.30. The molecule has 0 aromatic carbocycles. The van der Waals surface area contributed by atoms with Crippen molar-refractivity contribution in [2.75, 3.05) is 20.1 Å². The Bertz CT molecular complexity index is 167. The molecule has 0 amide bonds. The van der Waals surface area contributed by atoms with Gasteiger partial charge in [0, 0.05) is 6.04 Å². The SMILES string of the molecule is CNC1C2CNCC2C1C(C)C. The van der Waals surface area contributed by atoms with Crippen LogP contribution < -0.4 is 10.6 Å². The first kappa shape index (κ1) is 8.52. The van der Waals surface area contributed by atoms with E-state index >= 15 is 0 Å². The number of nitrogens with one attached hydrogen (secondary N) is 2. The first-order valence-electron chi connectivity index (χ1n) is 5.13. The molecule has 2 N–H and O–H groups in total. The first-order chi connectivity index (χ1) is 5.75. The number of hydrogen-bond donors (Lipinski definition) is 2. The third kappa shape index (κ3) is 1.01. The van der Waals surface area contributed by atoms with Crippen LogP contribution >= 0.6 is 0 Å². The lowest BCUT2D eigenvalue weighted by Crippen LogP contribution is -2.58. The van der Waals surface area contributed by atoms with Crippen molar-refractivity contribution in [2.45, 2.75) is 19.9 Å². The van der Waals surface area contributed by atoms with Gasteiger partial charge in [0.2, 0.25) is 0 Å². The summed E-state index contributed by atoms with van der Waals surface area (Å²) in [5.74, 6) is 3.63. The van der Waals surface area contributed by atoms with Gasteiger partial charge in [-0.2, -0.15) is 0 Å². The second-order valence-electron chi connectivity index (χ2n) is 4.62. The second kappa shape index (κ2) is 3.00. The Morgan fingerprint density at radius 3 is 2.50 bits per heavy atom. The van der Waals surface area contributed by atoms with Crippen molar-refractivity contribution in [2.24, 2.45) is 23.7 Å². The summed E-state index contributed by atoms with van der Waals surface area (Å²) in [4.78, 5) is 0. The summed E-state index contributed by atoms with van der Waals surface area (Å²) >= 11 is 0. The van der Waals surface area contributed by atoms with Crippen LogP contribution in [0.4, 0.5) is 0 Å². The fourth-order valence-electron chi connectivity index (χ4n) is 3.26. The molecule has 2 aliphatic rings. The van der Waals surface area contributed by atoms with E-state index in [0.717, 1.165) is 29.7 Å². The molecule has 4 unspecified atom stereocenters. The van der Waals surface area contributed by atoms with E-state index in [1.165, 1.54) is 13.1 Å². The molecule has 0 spiro atoms. The molecule has 2 heteroatoms. The lowest BCUT2D eigenvalue weighted by atomic mass is 9.58. The normalized spacial score (nSPS) is 46.0. The fraction of sp³-hybridized carbons (Fsp3) is 1.00. The van der Waals surface area contributed by atoms with Gasteiger partial charge in [-0.15, -0.1) is 0 Å². The van der Waals surface area contributed by atoms with E-state index in [0.29, 0.717) is 0 Å². The Morgan fingerprint density at radius 1 is 1.25 bits per heavy atom. The number of hydrogen-bond acceptors (Lipinski definition) is 2. The smallest absolute Gasteiger partial charge is 0.0142 e. The Labute approximate surface area is 75.1 Å². The monoisotopic (exact) mass is 168 g/mol. The molecule has 0 aromatic rings. The fourth-order valence-corrected chi connectivity index (χ4v) is 3.26. The van der Waals surface area contributed by atoms with Gasteiger partial charge in [0.05, 0.1) is 0 Å². The van der Waals surface area contributed by atoms with Gasteiger partial charge in [-0.05, 0) is 43.8 Å². The van der Waals surface area contributed by atoms with E-state index in [9.17, 15) is 0 Å². The molecule has 0 aromatic heterocycles. The van der Waals surface area contributed by atoms with Gasteiger partial charge in [0.15, 0.2) is 0 Å². The van der Waals surface area contributed by atoms with Crippen molar-refractivity contribution < 1.29 is 0 Å². The predicted octanol–water partition coefficient (Wildman–Crippen LogP) is 0.696. The van der Waals surface area contributed by atoms with Crippen LogP contribution in [0.5, 0.6) is 0 Å². The molecule has 1 aliphatic heterocycles. The maximum absolute atomic E-state index is 3.49. The van der Waals surface area contributed by atoms with Crippen LogP contribution in [-0.2, 0) is 0 Å². The lowest BCUT2D eigenvalue weighted by molar-refractivity contribution is 0.0230. The summed E-state index contributed by atoms with van der Waals surface area (Å²) in [5, 5.41) is 6.96. The van der Waals surface area contributed by atoms with Gasteiger partial charge in [-0.3, -0.25) is 0 Å². The van der Waals surface area contributed by atoms with E-state index in [-0.39, 0.29) is 0 Å². The van der Waals surface area contributed by atoms with Crippen LogP contribution in [0, 0.1) is 23.7 Å². The molecule has 2 nitrogen and oxygen atoms in total. The topological polar surface area (TPSA) is 24.1 Å². The van der Waals surface area contributed by atoms with Crippen molar-refractivity contribution in [3.8, 4) is 0 Å². The minimum Gasteiger partial charge on any atom is -0.316 e. The van der Waals surface area contributed by atoms with Gasteiger partial charge in [-0.1, -0.05) is 13.8 Å². The summed E-state index contributed by atoms with van der Waals surface area (Å²) in [6.45, 7) is 7.19. The molecule has 1 aliphatic carbocycles. The molecule has 70 valence electrons. The van der Waals surface area contributed by atoms with E-state index in [2.05, 4.69) is 31.5 Å². The highest BCUT2D eigenvalue weighted by Crippen LogP contribution is 2.46. The molecule has 1 saturated heterocycles. The molecule has 1 saturated carbocycles. The first-order valence-corrected chi connectivity index (χ1v) is 5.13. The molecule has 1 heterocycles. The summed E-state index contributed by atoms with van der Waals surface area (Å²) in [6.07, 6.45) is 0. The van der Waals surface area contributed by atoms with Crippen molar-refractivity contribution in [1.82, 2.24) is 10.6 Å². The van der Waals surface area contributed by atoms with Crippen LogP contribution in [0.15, 0.2) is 0 Å². The maximum Gasteiger partial charge on any atom is 0.0142 e. The minimum absolute atomic E-state index is 0.782. The summed E-state index contributed by atoms with van der Waals surface area (Å²) in [5.41, 5.74) is 0. The van der Waals surface area contributed by atoms with Gasteiger partial charge in [0.25, 0.3) is 0 Å². The maximum atomic E-state index is 3.49. The van der Waals surface area contributed by atoms with Crippen molar-refractivity contribution in [3.63, 3.8) is 0 Å². The molecule has 0 radical (unpaired) electrons. The molecule has 12 heavy (non-hydrogen) atoms. The molecule has 2 rings (SSSR count). The Balaban J connectivity index is 2.04. The summed E-state index contributed by atoms with van der Waals surface area (Å²) in [7, 11) is 2.11. The minimum atomic E-state index is 0.782. The highest BCUT2D eigenvalue weighted by molar-refractivity contribution is 5.06. The van der Waals surface area contributed by atoms with Gasteiger partial charge < -0.3 is 10.6 Å². The van der Waals surface area contributed by atoms with Crippen LogP contribution in [0.25, 0.3) is 0 Å². The number of rotatable bonds is 2. The Hall–Kier alpha value is -0.0800. The third-order valence-corrected chi connectivity index (χ3v) is 3.78. The number of fused-ring (bicyclic) bond motifs is 1. The van der Waals surface area contributed by atoms with Crippen LogP contribution in [0.1, 0.15) is 13.8 Å². The Morgan fingerprint density at radius 2 is 1.92 bits per heavy atom. The van der Waals surface area contributed by atoms with E-state index in [1.54, 1.807) is 0 Å². The van der Waals surface area contributed by atoms with Crippen molar-refractivity contribution in [1.29, 1.82) is 0 Å². The largest absolute Gasteiger partial charge is 0.316 e. The van der Waals surface area contributed by atoms with Crippen molar-refractivity contribution >= 4 is 0 Å². The van der Waals surface area contributed by atoms with Gasteiger partial charge in [0.1, 0.15) is 0 Å². The molecule has 2 fully saturated rings. The van der Waals surface area contributed by atoms with Crippen LogP contribution in [0.2, 0.25) is 0 Å². The third-order valence-electron chi connectivity index (χ3n) is 3.78. The van der Waals surface area contributed by atoms with Crippen molar-refractivity contribution in [3.05, 3.63) is 0 Å². The molecular formula is C10H20N2. The Kier molecular flexibility index (Phi) is 2.13. The highest BCUT2D eigenvalue weighted by Gasteiger charge is 2.52. The van der Waals surface area contributed by atoms with Gasteiger partial charge in [-0.25, -0.2) is 0 Å². The molecule has 0 bridgehead atoms.